The minimum absolute atomic E-state index is 0.638. The molecule has 0 aromatic carbocycles. The van der Waals surface area contributed by atoms with E-state index in [0.29, 0.717) is 6.04 Å². The van der Waals surface area contributed by atoms with Crippen molar-refractivity contribution < 1.29 is 4.74 Å². The van der Waals surface area contributed by atoms with Crippen LogP contribution in [0.4, 0.5) is 0 Å². The predicted molar refractivity (Wildman–Crippen MR) is 73.6 cm³/mol. The molecule has 0 saturated carbocycles. The van der Waals surface area contributed by atoms with Gasteiger partial charge in [0.2, 0.25) is 0 Å². The van der Waals surface area contributed by atoms with Crippen LogP contribution in [-0.2, 0) is 11.2 Å². The van der Waals surface area contributed by atoms with Crippen LogP contribution in [0.2, 0.25) is 0 Å². The topological polar surface area (TPSA) is 21.3 Å². The summed E-state index contributed by atoms with van der Waals surface area (Å²) in [6.45, 7) is 5.26. The van der Waals surface area contributed by atoms with Gasteiger partial charge in [0.1, 0.15) is 0 Å². The Kier molecular flexibility index (Phi) is 5.49. The lowest BCUT2D eigenvalue weighted by Gasteiger charge is -2.23. The van der Waals surface area contributed by atoms with E-state index in [1.807, 2.05) is 11.3 Å². The highest BCUT2D eigenvalue weighted by Gasteiger charge is 2.24. The summed E-state index contributed by atoms with van der Waals surface area (Å²) >= 11 is 1.87. The Morgan fingerprint density at radius 3 is 3.18 bits per heavy atom. The third-order valence-electron chi connectivity index (χ3n) is 3.47. The maximum atomic E-state index is 5.52. The molecule has 0 bridgehead atoms. The summed E-state index contributed by atoms with van der Waals surface area (Å²) in [5.74, 6) is 0.724. The molecule has 2 unspecified atom stereocenters. The molecule has 1 aromatic rings. The normalized spacial score (nSPS) is 21.8. The van der Waals surface area contributed by atoms with E-state index in [0.717, 1.165) is 25.7 Å². The van der Waals surface area contributed by atoms with Gasteiger partial charge in [-0.2, -0.15) is 0 Å². The fourth-order valence-corrected chi connectivity index (χ4v) is 3.18. The first-order chi connectivity index (χ1) is 8.40. The Hall–Kier alpha value is -0.380. The molecule has 1 aliphatic rings. The summed E-state index contributed by atoms with van der Waals surface area (Å²) in [7, 11) is 0. The maximum absolute atomic E-state index is 5.52. The lowest BCUT2D eigenvalue weighted by molar-refractivity contribution is 0.175. The molecule has 3 heteroatoms. The van der Waals surface area contributed by atoms with Gasteiger partial charge in [0.15, 0.2) is 0 Å². The van der Waals surface area contributed by atoms with Gasteiger partial charge in [-0.15, -0.1) is 11.3 Å². The third-order valence-corrected chi connectivity index (χ3v) is 4.41. The van der Waals surface area contributed by atoms with Crippen LogP contribution in [0, 0.1) is 5.92 Å². The van der Waals surface area contributed by atoms with Crippen LogP contribution < -0.4 is 5.32 Å². The van der Waals surface area contributed by atoms with E-state index in [2.05, 4.69) is 29.8 Å². The van der Waals surface area contributed by atoms with Crippen molar-refractivity contribution in [2.75, 3.05) is 19.8 Å². The first-order valence-electron chi connectivity index (χ1n) is 6.73. The highest BCUT2D eigenvalue weighted by molar-refractivity contribution is 7.09. The summed E-state index contributed by atoms with van der Waals surface area (Å²) in [4.78, 5) is 1.51. The summed E-state index contributed by atoms with van der Waals surface area (Å²) in [6, 6.07) is 5.03. The predicted octanol–water partition coefficient (Wildman–Crippen LogP) is 3.09. The lowest BCUT2D eigenvalue weighted by Crippen LogP contribution is -2.37. The molecule has 1 aliphatic heterocycles. The van der Waals surface area contributed by atoms with Crippen LogP contribution >= 0.6 is 11.3 Å². The van der Waals surface area contributed by atoms with Gasteiger partial charge in [0.25, 0.3) is 0 Å². The molecule has 1 saturated heterocycles. The van der Waals surface area contributed by atoms with E-state index < -0.39 is 0 Å². The highest BCUT2D eigenvalue weighted by Crippen LogP contribution is 2.21. The fraction of sp³-hybridized carbons (Fsp3) is 0.714. The van der Waals surface area contributed by atoms with Gasteiger partial charge >= 0.3 is 0 Å². The van der Waals surface area contributed by atoms with Gasteiger partial charge < -0.3 is 10.1 Å². The van der Waals surface area contributed by atoms with Gasteiger partial charge in [-0.3, -0.25) is 0 Å². The van der Waals surface area contributed by atoms with E-state index in [1.54, 1.807) is 0 Å². The van der Waals surface area contributed by atoms with Crippen molar-refractivity contribution in [3.8, 4) is 0 Å². The number of nitrogens with one attached hydrogen (secondary N) is 1. The average molecular weight is 253 g/mol. The molecule has 17 heavy (non-hydrogen) atoms. The second kappa shape index (κ2) is 7.14. The largest absolute Gasteiger partial charge is 0.381 e. The minimum Gasteiger partial charge on any atom is -0.381 e. The van der Waals surface area contributed by atoms with E-state index >= 15 is 0 Å². The molecule has 96 valence electrons. The third kappa shape index (κ3) is 4.09. The van der Waals surface area contributed by atoms with Crippen molar-refractivity contribution in [2.45, 2.75) is 38.6 Å². The molecule has 1 N–H and O–H groups in total. The number of ether oxygens (including phenoxy) is 1. The van der Waals surface area contributed by atoms with E-state index in [4.69, 9.17) is 4.74 Å². The standard InChI is InChI=1S/C14H23NOS/c1-2-8-15-14(12-7-9-16-11-12)6-5-13-4-3-10-17-13/h3-4,10,12,14-15H,2,5-9,11H2,1H3. The van der Waals surface area contributed by atoms with Gasteiger partial charge in [0.05, 0.1) is 6.61 Å². The Bertz CT molecular complexity index is 293. The summed E-state index contributed by atoms with van der Waals surface area (Å²) in [5.41, 5.74) is 0. The van der Waals surface area contributed by atoms with Crippen LogP contribution in [0.1, 0.15) is 31.1 Å². The van der Waals surface area contributed by atoms with E-state index in [-0.39, 0.29) is 0 Å². The van der Waals surface area contributed by atoms with E-state index in [1.165, 1.54) is 30.6 Å². The van der Waals surface area contributed by atoms with Crippen LogP contribution in [0.15, 0.2) is 17.5 Å². The maximum Gasteiger partial charge on any atom is 0.0510 e. The second-order valence-corrected chi connectivity index (χ2v) is 5.83. The smallest absolute Gasteiger partial charge is 0.0510 e. The number of hydrogen-bond acceptors (Lipinski definition) is 3. The lowest BCUT2D eigenvalue weighted by atomic mass is 9.94. The number of aryl methyl sites for hydroxylation is 1. The molecule has 0 radical (unpaired) electrons. The molecule has 2 atom stereocenters. The number of hydrogen-bond donors (Lipinski definition) is 1. The molecular weight excluding hydrogens is 230 g/mol. The average Bonchev–Trinajstić information content (AvgIpc) is 3.01. The number of thiophene rings is 1. The fourth-order valence-electron chi connectivity index (χ4n) is 2.46. The Morgan fingerprint density at radius 2 is 2.53 bits per heavy atom. The molecule has 2 heterocycles. The quantitative estimate of drug-likeness (QED) is 0.806. The van der Waals surface area contributed by atoms with E-state index in [9.17, 15) is 0 Å². The highest BCUT2D eigenvalue weighted by atomic mass is 32.1. The van der Waals surface area contributed by atoms with Crippen molar-refractivity contribution in [3.63, 3.8) is 0 Å². The minimum atomic E-state index is 0.638. The van der Waals surface area contributed by atoms with Crippen molar-refractivity contribution in [3.05, 3.63) is 22.4 Å². The van der Waals surface area contributed by atoms with Crippen LogP contribution in [-0.4, -0.2) is 25.8 Å². The van der Waals surface area contributed by atoms with Gasteiger partial charge in [-0.25, -0.2) is 0 Å². The Labute approximate surface area is 108 Å². The number of rotatable bonds is 7. The zero-order valence-electron chi connectivity index (χ0n) is 10.7. The molecule has 1 aromatic heterocycles. The summed E-state index contributed by atoms with van der Waals surface area (Å²) < 4.78 is 5.52. The first kappa shape index (κ1) is 13.1. The van der Waals surface area contributed by atoms with Crippen molar-refractivity contribution in [2.24, 2.45) is 5.92 Å². The molecule has 0 spiro atoms. The molecule has 1 fully saturated rings. The van der Waals surface area contributed by atoms with Crippen LogP contribution in [0.3, 0.4) is 0 Å². The molecule has 0 aliphatic carbocycles. The van der Waals surface area contributed by atoms with Gasteiger partial charge in [-0.05, 0) is 49.6 Å². The Morgan fingerprint density at radius 1 is 1.59 bits per heavy atom. The van der Waals surface area contributed by atoms with Crippen molar-refractivity contribution in [1.82, 2.24) is 5.32 Å². The monoisotopic (exact) mass is 253 g/mol. The zero-order chi connectivity index (χ0) is 11.9. The molecule has 0 amide bonds. The molecular formula is C14H23NOS. The zero-order valence-corrected chi connectivity index (χ0v) is 11.5. The van der Waals surface area contributed by atoms with Crippen molar-refractivity contribution >= 4 is 11.3 Å². The Balaban J connectivity index is 1.81. The second-order valence-electron chi connectivity index (χ2n) is 4.80. The van der Waals surface area contributed by atoms with Crippen molar-refractivity contribution in [1.29, 1.82) is 0 Å². The van der Waals surface area contributed by atoms with Gasteiger partial charge in [-0.1, -0.05) is 13.0 Å². The van der Waals surface area contributed by atoms with Crippen LogP contribution in [0.25, 0.3) is 0 Å². The summed E-state index contributed by atoms with van der Waals surface area (Å²) in [5, 5.41) is 5.87. The van der Waals surface area contributed by atoms with Crippen LogP contribution in [0.5, 0.6) is 0 Å². The molecule has 2 nitrogen and oxygen atoms in total. The molecule has 2 rings (SSSR count). The first-order valence-corrected chi connectivity index (χ1v) is 7.61. The van der Waals surface area contributed by atoms with Gasteiger partial charge in [0, 0.05) is 17.5 Å². The summed E-state index contributed by atoms with van der Waals surface area (Å²) in [6.07, 6.45) is 4.89. The SMILES string of the molecule is CCCNC(CCc1cccs1)C1CCOC1.